The van der Waals surface area contributed by atoms with Crippen molar-refractivity contribution in [1.82, 2.24) is 0 Å². The first-order valence-electron chi connectivity index (χ1n) is 5.61. The average Bonchev–Trinajstić information content (AvgIpc) is 2.22. The van der Waals surface area contributed by atoms with Crippen molar-refractivity contribution < 1.29 is 4.74 Å². The van der Waals surface area contributed by atoms with Crippen LogP contribution < -0.4 is 5.73 Å². The predicted molar refractivity (Wildman–Crippen MR) is 61.9 cm³/mol. The summed E-state index contributed by atoms with van der Waals surface area (Å²) in [7, 11) is 0. The highest BCUT2D eigenvalue weighted by Gasteiger charge is 2.28. The summed E-state index contributed by atoms with van der Waals surface area (Å²) in [5.41, 5.74) is 9.05. The van der Waals surface area contributed by atoms with Gasteiger partial charge in [0.2, 0.25) is 0 Å². The molecule has 1 saturated heterocycles. The summed E-state index contributed by atoms with van der Waals surface area (Å²) in [6.45, 7) is 3.77. The van der Waals surface area contributed by atoms with Crippen LogP contribution in [0.2, 0.25) is 0 Å². The number of hydrogen-bond acceptors (Lipinski definition) is 2. The molecule has 2 N–H and O–H groups in total. The number of benzene rings is 1. The quantitative estimate of drug-likeness (QED) is 0.802. The zero-order valence-corrected chi connectivity index (χ0v) is 9.33. The third kappa shape index (κ3) is 2.58. The Balaban J connectivity index is 2.10. The van der Waals surface area contributed by atoms with E-state index in [4.69, 9.17) is 10.5 Å². The second kappa shape index (κ2) is 4.33. The van der Waals surface area contributed by atoms with E-state index >= 15 is 0 Å². The maximum Gasteiger partial charge on any atom is 0.0483 e. The third-order valence-corrected chi connectivity index (χ3v) is 3.29. The lowest BCUT2D eigenvalue weighted by Crippen LogP contribution is -2.47. The van der Waals surface area contributed by atoms with Gasteiger partial charge in [0.1, 0.15) is 0 Å². The fourth-order valence-corrected chi connectivity index (χ4v) is 2.14. The smallest absolute Gasteiger partial charge is 0.0483 e. The molecule has 0 aromatic heterocycles. The number of rotatable bonds is 2. The SMILES string of the molecule is Cc1ccccc1CC1(N)CCOCC1. The zero-order chi connectivity index (χ0) is 10.7. The fourth-order valence-electron chi connectivity index (χ4n) is 2.14. The van der Waals surface area contributed by atoms with Crippen molar-refractivity contribution in [3.63, 3.8) is 0 Å². The van der Waals surface area contributed by atoms with Gasteiger partial charge in [-0.3, -0.25) is 0 Å². The summed E-state index contributed by atoms with van der Waals surface area (Å²) in [6, 6.07) is 8.49. The topological polar surface area (TPSA) is 35.2 Å². The summed E-state index contributed by atoms with van der Waals surface area (Å²) in [6.07, 6.45) is 2.92. The lowest BCUT2D eigenvalue weighted by molar-refractivity contribution is 0.0533. The Morgan fingerprint density at radius 3 is 2.60 bits per heavy atom. The maximum atomic E-state index is 6.38. The maximum absolute atomic E-state index is 6.38. The largest absolute Gasteiger partial charge is 0.381 e. The van der Waals surface area contributed by atoms with E-state index in [0.29, 0.717) is 0 Å². The molecule has 1 aromatic rings. The Morgan fingerprint density at radius 1 is 1.27 bits per heavy atom. The van der Waals surface area contributed by atoms with Crippen LogP contribution in [0.25, 0.3) is 0 Å². The van der Waals surface area contributed by atoms with Crippen LogP contribution in [0.3, 0.4) is 0 Å². The van der Waals surface area contributed by atoms with E-state index in [2.05, 4.69) is 31.2 Å². The van der Waals surface area contributed by atoms with Crippen LogP contribution in [-0.4, -0.2) is 18.8 Å². The van der Waals surface area contributed by atoms with Crippen molar-refractivity contribution in [2.45, 2.75) is 31.7 Å². The molecule has 0 atom stereocenters. The molecular formula is C13H19NO. The number of nitrogens with two attached hydrogens (primary N) is 1. The van der Waals surface area contributed by atoms with Gasteiger partial charge in [-0.05, 0) is 37.3 Å². The molecule has 1 aliphatic rings. The van der Waals surface area contributed by atoms with Crippen molar-refractivity contribution in [3.05, 3.63) is 35.4 Å². The molecule has 0 radical (unpaired) electrons. The molecule has 0 unspecified atom stereocenters. The first kappa shape index (κ1) is 10.7. The molecule has 15 heavy (non-hydrogen) atoms. The summed E-state index contributed by atoms with van der Waals surface area (Å²) in [5.74, 6) is 0. The lowest BCUT2D eigenvalue weighted by atomic mass is 9.84. The highest BCUT2D eigenvalue weighted by Crippen LogP contribution is 2.23. The molecule has 1 aliphatic heterocycles. The van der Waals surface area contributed by atoms with Gasteiger partial charge in [0.05, 0.1) is 0 Å². The molecule has 1 aromatic carbocycles. The molecule has 1 heterocycles. The van der Waals surface area contributed by atoms with Gasteiger partial charge in [-0.15, -0.1) is 0 Å². The highest BCUT2D eigenvalue weighted by molar-refractivity contribution is 5.27. The van der Waals surface area contributed by atoms with Crippen LogP contribution in [0, 0.1) is 6.92 Å². The standard InChI is InChI=1S/C13H19NO/c1-11-4-2-3-5-12(11)10-13(14)6-8-15-9-7-13/h2-5H,6-10,14H2,1H3. The monoisotopic (exact) mass is 205 g/mol. The van der Waals surface area contributed by atoms with Gasteiger partial charge in [-0.25, -0.2) is 0 Å². The number of ether oxygens (including phenoxy) is 1. The van der Waals surface area contributed by atoms with Crippen LogP contribution in [0.5, 0.6) is 0 Å². The summed E-state index contributed by atoms with van der Waals surface area (Å²) in [5, 5.41) is 0. The van der Waals surface area contributed by atoms with Crippen molar-refractivity contribution in [1.29, 1.82) is 0 Å². The molecule has 1 fully saturated rings. The van der Waals surface area contributed by atoms with Gasteiger partial charge in [0, 0.05) is 18.8 Å². The zero-order valence-electron chi connectivity index (χ0n) is 9.33. The van der Waals surface area contributed by atoms with Gasteiger partial charge in [0.25, 0.3) is 0 Å². The average molecular weight is 205 g/mol. The van der Waals surface area contributed by atoms with E-state index in [1.54, 1.807) is 0 Å². The Bertz CT molecular complexity index is 329. The van der Waals surface area contributed by atoms with Gasteiger partial charge >= 0.3 is 0 Å². The van der Waals surface area contributed by atoms with Gasteiger partial charge in [-0.1, -0.05) is 24.3 Å². The molecule has 0 amide bonds. The molecule has 0 saturated carbocycles. The minimum absolute atomic E-state index is 0.0512. The molecule has 2 heteroatoms. The van der Waals surface area contributed by atoms with E-state index in [-0.39, 0.29) is 5.54 Å². The van der Waals surface area contributed by atoms with Crippen LogP contribution in [-0.2, 0) is 11.2 Å². The van der Waals surface area contributed by atoms with Gasteiger partial charge < -0.3 is 10.5 Å². The molecule has 0 aliphatic carbocycles. The summed E-state index contributed by atoms with van der Waals surface area (Å²) in [4.78, 5) is 0. The molecule has 0 bridgehead atoms. The molecule has 2 nitrogen and oxygen atoms in total. The van der Waals surface area contributed by atoms with Crippen molar-refractivity contribution in [2.75, 3.05) is 13.2 Å². The first-order chi connectivity index (χ1) is 7.20. The Hall–Kier alpha value is -0.860. The second-order valence-electron chi connectivity index (χ2n) is 4.58. The van der Waals surface area contributed by atoms with E-state index in [0.717, 1.165) is 32.5 Å². The minimum Gasteiger partial charge on any atom is -0.381 e. The number of hydrogen-bond donors (Lipinski definition) is 1. The highest BCUT2D eigenvalue weighted by atomic mass is 16.5. The first-order valence-corrected chi connectivity index (χ1v) is 5.61. The van der Waals surface area contributed by atoms with Crippen LogP contribution in [0.1, 0.15) is 24.0 Å². The van der Waals surface area contributed by atoms with Crippen molar-refractivity contribution in [2.24, 2.45) is 5.73 Å². The van der Waals surface area contributed by atoms with Gasteiger partial charge in [-0.2, -0.15) is 0 Å². The van der Waals surface area contributed by atoms with Gasteiger partial charge in [0.15, 0.2) is 0 Å². The minimum atomic E-state index is -0.0512. The Kier molecular flexibility index (Phi) is 3.08. The summed E-state index contributed by atoms with van der Waals surface area (Å²) >= 11 is 0. The van der Waals surface area contributed by atoms with Crippen molar-refractivity contribution in [3.8, 4) is 0 Å². The summed E-state index contributed by atoms with van der Waals surface area (Å²) < 4.78 is 5.35. The van der Waals surface area contributed by atoms with E-state index in [1.165, 1.54) is 11.1 Å². The van der Waals surface area contributed by atoms with E-state index in [9.17, 15) is 0 Å². The number of aryl methyl sites for hydroxylation is 1. The lowest BCUT2D eigenvalue weighted by Gasteiger charge is -2.33. The van der Waals surface area contributed by atoms with Crippen molar-refractivity contribution >= 4 is 0 Å². The molecular weight excluding hydrogens is 186 g/mol. The van der Waals surface area contributed by atoms with Crippen LogP contribution in [0.4, 0.5) is 0 Å². The molecule has 2 rings (SSSR count). The predicted octanol–water partition coefficient (Wildman–Crippen LogP) is 2.05. The van der Waals surface area contributed by atoms with E-state index in [1.807, 2.05) is 0 Å². The third-order valence-electron chi connectivity index (χ3n) is 3.29. The van der Waals surface area contributed by atoms with E-state index < -0.39 is 0 Å². The Labute approximate surface area is 91.4 Å². The second-order valence-corrected chi connectivity index (χ2v) is 4.58. The fraction of sp³-hybridized carbons (Fsp3) is 0.538. The molecule has 82 valence electrons. The normalized spacial score (nSPS) is 20.1. The molecule has 0 spiro atoms. The van der Waals surface area contributed by atoms with Crippen LogP contribution in [0.15, 0.2) is 24.3 Å². The Morgan fingerprint density at radius 2 is 1.93 bits per heavy atom. The van der Waals surface area contributed by atoms with Crippen LogP contribution >= 0.6 is 0 Å².